The van der Waals surface area contributed by atoms with Crippen molar-refractivity contribution in [2.45, 2.75) is 34.1 Å². The van der Waals surface area contributed by atoms with Gasteiger partial charge in [-0.15, -0.1) is 0 Å². The van der Waals surface area contributed by atoms with Crippen molar-refractivity contribution in [2.24, 2.45) is 5.92 Å². The molecule has 0 heterocycles. The Bertz CT molecular complexity index is 280. The Kier molecular flexibility index (Phi) is 3.99. The second-order valence-electron chi connectivity index (χ2n) is 4.30. The van der Waals surface area contributed by atoms with Crippen molar-refractivity contribution < 1.29 is 4.74 Å². The van der Waals surface area contributed by atoms with Gasteiger partial charge in [0, 0.05) is 0 Å². The predicted molar refractivity (Wildman–Crippen MR) is 61.0 cm³/mol. The lowest BCUT2D eigenvalue weighted by molar-refractivity contribution is 0.183. The summed E-state index contributed by atoms with van der Waals surface area (Å²) in [5.74, 6) is 1.67. The van der Waals surface area contributed by atoms with Crippen LogP contribution < -0.4 is 0 Å². The van der Waals surface area contributed by atoms with Gasteiger partial charge in [0.2, 0.25) is 0 Å². The largest absolute Gasteiger partial charge is 0.493 e. The maximum Gasteiger partial charge on any atom is 0.121 e. The zero-order chi connectivity index (χ0) is 10.6. The second kappa shape index (κ2) is 5.04. The fourth-order valence-corrected chi connectivity index (χ4v) is 1.45. The topological polar surface area (TPSA) is 9.23 Å². The molecule has 0 amide bonds. The molecule has 0 N–H and O–H groups in total. The Hall–Kier alpha value is -0.980. The Morgan fingerprint density at radius 2 is 2.07 bits per heavy atom. The maximum atomic E-state index is 5.82. The molecule has 0 unspecified atom stereocenters. The molecule has 0 spiro atoms. The molecule has 1 nitrogen and oxygen atoms in total. The van der Waals surface area contributed by atoms with E-state index in [-0.39, 0.29) is 0 Å². The van der Waals surface area contributed by atoms with E-state index >= 15 is 0 Å². The number of allylic oxidation sites excluding steroid dienone is 5. The van der Waals surface area contributed by atoms with Gasteiger partial charge in [0.25, 0.3) is 0 Å². The number of hydrogen-bond acceptors (Lipinski definition) is 1. The van der Waals surface area contributed by atoms with Crippen LogP contribution in [0.5, 0.6) is 0 Å². The van der Waals surface area contributed by atoms with Crippen molar-refractivity contribution in [3.63, 3.8) is 0 Å². The first kappa shape index (κ1) is 11.1. The minimum absolute atomic E-state index is 0.583. The lowest BCUT2D eigenvalue weighted by Crippen LogP contribution is -2.04. The monoisotopic (exact) mass is 192 g/mol. The van der Waals surface area contributed by atoms with E-state index in [1.165, 1.54) is 11.1 Å². The van der Waals surface area contributed by atoms with E-state index in [9.17, 15) is 0 Å². The highest BCUT2D eigenvalue weighted by molar-refractivity contribution is 5.34. The minimum Gasteiger partial charge on any atom is -0.493 e. The first-order valence-corrected chi connectivity index (χ1v) is 5.27. The molecule has 0 atom stereocenters. The smallest absolute Gasteiger partial charge is 0.121 e. The molecular weight excluding hydrogens is 172 g/mol. The van der Waals surface area contributed by atoms with E-state index in [1.54, 1.807) is 0 Å². The van der Waals surface area contributed by atoms with E-state index in [2.05, 4.69) is 45.9 Å². The average molecular weight is 192 g/mol. The fraction of sp³-hybridized carbons (Fsp3) is 0.538. The van der Waals surface area contributed by atoms with Crippen LogP contribution in [0.15, 0.2) is 35.1 Å². The van der Waals surface area contributed by atoms with Crippen molar-refractivity contribution in [3.8, 4) is 0 Å². The van der Waals surface area contributed by atoms with Crippen LogP contribution in [0.3, 0.4) is 0 Å². The first-order valence-electron chi connectivity index (χ1n) is 5.27. The van der Waals surface area contributed by atoms with Crippen LogP contribution in [0.2, 0.25) is 0 Å². The summed E-state index contributed by atoms with van der Waals surface area (Å²) in [6.07, 6.45) is 7.39. The van der Waals surface area contributed by atoms with Gasteiger partial charge < -0.3 is 4.74 Å². The lowest BCUT2D eigenvalue weighted by atomic mass is 10.1. The van der Waals surface area contributed by atoms with Gasteiger partial charge in [0.05, 0.1) is 6.61 Å². The molecule has 0 bridgehead atoms. The van der Waals surface area contributed by atoms with Gasteiger partial charge in [-0.25, -0.2) is 0 Å². The number of hydrogen-bond donors (Lipinski definition) is 0. The molecule has 0 saturated heterocycles. The van der Waals surface area contributed by atoms with Gasteiger partial charge in [-0.1, -0.05) is 32.1 Å². The average Bonchev–Trinajstić information content (AvgIpc) is 2.25. The van der Waals surface area contributed by atoms with Gasteiger partial charge in [-0.3, -0.25) is 0 Å². The van der Waals surface area contributed by atoms with Gasteiger partial charge in [-0.05, 0) is 37.3 Å². The van der Waals surface area contributed by atoms with Crippen LogP contribution in [0.4, 0.5) is 0 Å². The molecule has 14 heavy (non-hydrogen) atoms. The van der Waals surface area contributed by atoms with Gasteiger partial charge in [0.1, 0.15) is 5.76 Å². The Morgan fingerprint density at radius 1 is 1.36 bits per heavy atom. The van der Waals surface area contributed by atoms with E-state index in [0.29, 0.717) is 5.92 Å². The van der Waals surface area contributed by atoms with E-state index in [1.807, 2.05) is 0 Å². The van der Waals surface area contributed by atoms with E-state index in [4.69, 9.17) is 4.74 Å². The lowest BCUT2D eigenvalue weighted by Gasteiger charge is -2.14. The van der Waals surface area contributed by atoms with Gasteiger partial charge in [-0.2, -0.15) is 0 Å². The molecule has 0 aromatic rings. The molecular formula is C13H20O. The molecule has 0 radical (unpaired) electrons. The summed E-state index contributed by atoms with van der Waals surface area (Å²) in [5, 5.41) is 0. The van der Waals surface area contributed by atoms with Crippen LogP contribution in [-0.4, -0.2) is 6.61 Å². The SMILES string of the molecule is CC1=CC=CCC(C)=C1OCC(C)C. The molecule has 1 aliphatic rings. The van der Waals surface area contributed by atoms with Crippen LogP contribution in [0, 0.1) is 5.92 Å². The third kappa shape index (κ3) is 3.06. The van der Waals surface area contributed by atoms with Crippen molar-refractivity contribution in [1.82, 2.24) is 0 Å². The summed E-state index contributed by atoms with van der Waals surface area (Å²) < 4.78 is 5.82. The summed E-state index contributed by atoms with van der Waals surface area (Å²) in [4.78, 5) is 0. The molecule has 1 aliphatic carbocycles. The Labute approximate surface area is 87.2 Å². The molecule has 1 rings (SSSR count). The maximum absolute atomic E-state index is 5.82. The predicted octanol–water partition coefficient (Wildman–Crippen LogP) is 3.84. The highest BCUT2D eigenvalue weighted by Gasteiger charge is 2.08. The minimum atomic E-state index is 0.583. The van der Waals surface area contributed by atoms with Crippen molar-refractivity contribution in [1.29, 1.82) is 0 Å². The number of rotatable bonds is 3. The zero-order valence-corrected chi connectivity index (χ0v) is 9.63. The van der Waals surface area contributed by atoms with Gasteiger partial charge >= 0.3 is 0 Å². The van der Waals surface area contributed by atoms with Crippen LogP contribution in [0.25, 0.3) is 0 Å². The second-order valence-corrected chi connectivity index (χ2v) is 4.30. The third-order valence-electron chi connectivity index (χ3n) is 2.21. The Balaban J connectivity index is 2.72. The third-order valence-corrected chi connectivity index (χ3v) is 2.21. The van der Waals surface area contributed by atoms with Crippen LogP contribution in [-0.2, 0) is 4.74 Å². The zero-order valence-electron chi connectivity index (χ0n) is 9.63. The molecule has 0 saturated carbocycles. The van der Waals surface area contributed by atoms with E-state index < -0.39 is 0 Å². The standard InChI is InChI=1S/C13H20O/c1-10(2)9-14-13-11(3)7-5-6-8-12(13)4/h5-7,10H,8-9H2,1-4H3. The molecule has 0 fully saturated rings. The summed E-state index contributed by atoms with van der Waals surface area (Å²) in [6, 6.07) is 0. The highest BCUT2D eigenvalue weighted by atomic mass is 16.5. The molecule has 0 aromatic heterocycles. The quantitative estimate of drug-likeness (QED) is 0.660. The van der Waals surface area contributed by atoms with Crippen molar-refractivity contribution in [3.05, 3.63) is 35.1 Å². The number of ether oxygens (including phenoxy) is 1. The highest BCUT2D eigenvalue weighted by Crippen LogP contribution is 2.22. The van der Waals surface area contributed by atoms with Crippen LogP contribution >= 0.6 is 0 Å². The summed E-state index contributed by atoms with van der Waals surface area (Å²) in [7, 11) is 0. The molecule has 78 valence electrons. The summed E-state index contributed by atoms with van der Waals surface area (Å²) in [5.41, 5.74) is 2.56. The molecule has 1 heteroatoms. The summed E-state index contributed by atoms with van der Waals surface area (Å²) >= 11 is 0. The first-order chi connectivity index (χ1) is 6.61. The summed E-state index contributed by atoms with van der Waals surface area (Å²) in [6.45, 7) is 9.39. The van der Waals surface area contributed by atoms with E-state index in [0.717, 1.165) is 18.8 Å². The normalized spacial score (nSPS) is 17.1. The molecule has 0 aromatic carbocycles. The van der Waals surface area contributed by atoms with Crippen molar-refractivity contribution >= 4 is 0 Å². The molecule has 0 aliphatic heterocycles. The van der Waals surface area contributed by atoms with Crippen LogP contribution in [0.1, 0.15) is 34.1 Å². The fourth-order valence-electron chi connectivity index (χ4n) is 1.45. The van der Waals surface area contributed by atoms with Crippen molar-refractivity contribution in [2.75, 3.05) is 6.61 Å². The van der Waals surface area contributed by atoms with Gasteiger partial charge in [0.15, 0.2) is 0 Å². The Morgan fingerprint density at radius 3 is 2.71 bits per heavy atom.